The molecule has 0 radical (unpaired) electrons. The molecule has 0 saturated carbocycles. The van der Waals surface area contributed by atoms with E-state index < -0.39 is 0 Å². The summed E-state index contributed by atoms with van der Waals surface area (Å²) >= 11 is 0. The minimum Gasteiger partial charge on any atom is -0.872 e. The summed E-state index contributed by atoms with van der Waals surface area (Å²) in [6.07, 6.45) is 1.91. The Morgan fingerprint density at radius 3 is 1.36 bits per heavy atom. The third kappa shape index (κ3) is 3.03. The van der Waals surface area contributed by atoms with Crippen LogP contribution in [0.25, 0.3) is 0 Å². The topological polar surface area (TPSA) is 46.1 Å². The first-order valence-corrected chi connectivity index (χ1v) is 8.30. The van der Waals surface area contributed by atoms with Gasteiger partial charge in [0.1, 0.15) is 0 Å². The summed E-state index contributed by atoms with van der Waals surface area (Å²) in [5, 5.41) is 24.1. The molecule has 0 N–H and O–H groups in total. The van der Waals surface area contributed by atoms with Crippen LogP contribution in [0.5, 0.6) is 11.5 Å². The zero-order valence-corrected chi connectivity index (χ0v) is 20.2. The van der Waals surface area contributed by atoms with E-state index in [1.807, 2.05) is 24.3 Å². The van der Waals surface area contributed by atoms with E-state index in [-0.39, 0.29) is 86.9 Å². The summed E-state index contributed by atoms with van der Waals surface area (Å²) in [5.74, 6) is 0.121. The maximum atomic E-state index is 12.1. The Hall–Kier alpha value is 0.0400. The third-order valence-corrected chi connectivity index (χ3v) is 5.96. The molecule has 1 spiro atoms. The van der Waals surface area contributed by atoms with E-state index in [0.717, 1.165) is 24.0 Å². The van der Waals surface area contributed by atoms with Gasteiger partial charge < -0.3 is 10.2 Å². The van der Waals surface area contributed by atoms with Gasteiger partial charge in [0.05, 0.1) is 0 Å². The number of hydrogen-bond donors (Lipinski definition) is 0. The normalized spacial score (nSPS) is 20.3. The number of hydrogen-bond acceptors (Lipinski definition) is 2. The van der Waals surface area contributed by atoms with Gasteiger partial charge in [-0.15, -0.1) is 11.5 Å². The van der Waals surface area contributed by atoms with Gasteiger partial charge in [0.2, 0.25) is 0 Å². The Bertz CT molecular complexity index is 755. The van der Waals surface area contributed by atoms with E-state index in [4.69, 9.17) is 0 Å². The van der Waals surface area contributed by atoms with Gasteiger partial charge in [0.25, 0.3) is 0 Å². The molecule has 0 atom stereocenters. The minimum absolute atomic E-state index is 0. The van der Waals surface area contributed by atoms with Crippen LogP contribution in [0, 0.1) is 0 Å². The first kappa shape index (κ1) is 21.3. The summed E-state index contributed by atoms with van der Waals surface area (Å²) < 4.78 is 0. The van der Waals surface area contributed by atoms with Crippen molar-refractivity contribution in [1.29, 1.82) is 0 Å². The zero-order valence-electron chi connectivity index (χ0n) is 16.2. The third-order valence-electron chi connectivity index (χ3n) is 5.96. The van der Waals surface area contributed by atoms with Crippen LogP contribution < -0.4 is 69.3 Å². The van der Waals surface area contributed by atoms with E-state index in [9.17, 15) is 10.2 Å². The molecule has 2 aromatic rings. The molecular formula is C21H22Na2O2. The molecule has 0 amide bonds. The molecule has 2 aliphatic rings. The Labute approximate surface area is 194 Å². The van der Waals surface area contributed by atoms with Crippen molar-refractivity contribution in [3.63, 3.8) is 0 Å². The fourth-order valence-corrected chi connectivity index (χ4v) is 5.31. The Morgan fingerprint density at radius 1 is 0.640 bits per heavy atom. The SMILES string of the molecule is CC1(C)CC2(CC(C)(C)c3ccc([O-])cc32)c2cc([O-])ccc21.[Na+].[Na+]. The van der Waals surface area contributed by atoms with E-state index in [2.05, 4.69) is 27.7 Å². The molecule has 4 rings (SSSR count). The van der Waals surface area contributed by atoms with Crippen LogP contribution in [0.2, 0.25) is 0 Å². The largest absolute Gasteiger partial charge is 1.00 e. The van der Waals surface area contributed by atoms with Gasteiger partial charge >= 0.3 is 59.1 Å². The van der Waals surface area contributed by atoms with E-state index in [0.29, 0.717) is 0 Å². The number of benzene rings is 2. The summed E-state index contributed by atoms with van der Waals surface area (Å²) in [4.78, 5) is 0. The molecule has 0 saturated heterocycles. The average molecular weight is 352 g/mol. The Balaban J connectivity index is 0.00000113. The fraction of sp³-hybridized carbons (Fsp3) is 0.429. The summed E-state index contributed by atoms with van der Waals surface area (Å²) in [5.41, 5.74) is 4.64. The fourth-order valence-electron chi connectivity index (χ4n) is 5.31. The molecular weight excluding hydrogens is 330 g/mol. The van der Waals surface area contributed by atoms with Crippen molar-refractivity contribution in [2.24, 2.45) is 0 Å². The van der Waals surface area contributed by atoms with Gasteiger partial charge in [-0.1, -0.05) is 64.1 Å². The molecule has 4 heteroatoms. The van der Waals surface area contributed by atoms with Crippen molar-refractivity contribution in [1.82, 2.24) is 0 Å². The maximum absolute atomic E-state index is 12.1. The van der Waals surface area contributed by atoms with Crippen molar-refractivity contribution < 1.29 is 69.3 Å². The average Bonchev–Trinajstić information content (AvgIpc) is 2.78. The smallest absolute Gasteiger partial charge is 0.872 e. The molecule has 0 bridgehead atoms. The van der Waals surface area contributed by atoms with Gasteiger partial charge in [0.15, 0.2) is 0 Å². The van der Waals surface area contributed by atoms with Crippen molar-refractivity contribution in [3.05, 3.63) is 58.7 Å². The number of rotatable bonds is 0. The van der Waals surface area contributed by atoms with Crippen LogP contribution in [-0.4, -0.2) is 0 Å². The second kappa shape index (κ2) is 6.58. The molecule has 25 heavy (non-hydrogen) atoms. The van der Waals surface area contributed by atoms with Crippen LogP contribution in [0.3, 0.4) is 0 Å². The summed E-state index contributed by atoms with van der Waals surface area (Å²) in [7, 11) is 0. The van der Waals surface area contributed by atoms with Crippen molar-refractivity contribution in [3.8, 4) is 11.5 Å². The van der Waals surface area contributed by atoms with Crippen molar-refractivity contribution in [2.45, 2.75) is 56.8 Å². The Kier molecular flexibility index (Phi) is 5.62. The Morgan fingerprint density at radius 2 is 1.00 bits per heavy atom. The van der Waals surface area contributed by atoms with E-state index in [1.54, 1.807) is 12.1 Å². The molecule has 0 aromatic heterocycles. The van der Waals surface area contributed by atoms with Gasteiger partial charge in [-0.2, -0.15) is 0 Å². The molecule has 0 unspecified atom stereocenters. The molecule has 0 fully saturated rings. The van der Waals surface area contributed by atoms with Gasteiger partial charge in [-0.25, -0.2) is 0 Å². The van der Waals surface area contributed by atoms with Crippen molar-refractivity contribution >= 4 is 0 Å². The summed E-state index contributed by atoms with van der Waals surface area (Å²) in [6.45, 7) is 8.99. The van der Waals surface area contributed by atoms with Crippen molar-refractivity contribution in [2.75, 3.05) is 0 Å². The van der Waals surface area contributed by atoms with Crippen LogP contribution in [0.1, 0.15) is 62.8 Å². The first-order valence-electron chi connectivity index (χ1n) is 8.30. The van der Waals surface area contributed by atoms with Gasteiger partial charge in [0, 0.05) is 5.41 Å². The second-order valence-corrected chi connectivity index (χ2v) is 8.62. The first-order chi connectivity index (χ1) is 10.7. The predicted molar refractivity (Wildman–Crippen MR) is 87.8 cm³/mol. The molecule has 2 aromatic carbocycles. The molecule has 120 valence electrons. The molecule has 0 heterocycles. The van der Waals surface area contributed by atoms with E-state index >= 15 is 0 Å². The van der Waals surface area contributed by atoms with E-state index in [1.165, 1.54) is 11.1 Å². The van der Waals surface area contributed by atoms with Crippen LogP contribution >= 0.6 is 0 Å². The monoisotopic (exact) mass is 352 g/mol. The predicted octanol–water partition coefficient (Wildman–Crippen LogP) is -2.51. The quantitative estimate of drug-likeness (QED) is 0.492. The standard InChI is InChI=1S/C21H24O2.2Na/c1-19(2)11-21(17-9-13(22)5-7-15(17)19)12-20(3,4)16-8-6-14(23)10-18(16)21;;/h5-10,22-23H,11-12H2,1-4H3;;/q;2*+1/p-2. The minimum atomic E-state index is -0.196. The maximum Gasteiger partial charge on any atom is 1.00 e. The zero-order chi connectivity index (χ0) is 16.6. The van der Waals surface area contributed by atoms with Gasteiger partial charge in [-0.3, -0.25) is 0 Å². The second-order valence-electron chi connectivity index (χ2n) is 8.62. The van der Waals surface area contributed by atoms with Crippen LogP contribution in [-0.2, 0) is 16.2 Å². The molecule has 0 aliphatic heterocycles. The number of fused-ring (bicyclic) bond motifs is 4. The van der Waals surface area contributed by atoms with Crippen LogP contribution in [0.15, 0.2) is 36.4 Å². The van der Waals surface area contributed by atoms with Gasteiger partial charge in [-0.05, 0) is 45.9 Å². The molecule has 2 aliphatic carbocycles. The summed E-state index contributed by atoms with van der Waals surface area (Å²) in [6, 6.07) is 11.0. The molecule has 2 nitrogen and oxygen atoms in total. The van der Waals surface area contributed by atoms with Crippen LogP contribution in [0.4, 0.5) is 0 Å².